The van der Waals surface area contributed by atoms with Gasteiger partial charge in [-0.15, -0.1) is 11.8 Å². The second-order valence-electron chi connectivity index (χ2n) is 3.54. The van der Waals surface area contributed by atoms with Crippen LogP contribution in [0.4, 0.5) is 0 Å². The molecule has 0 radical (unpaired) electrons. The Labute approximate surface area is 93.3 Å². The van der Waals surface area contributed by atoms with Gasteiger partial charge in [-0.3, -0.25) is 4.79 Å². The van der Waals surface area contributed by atoms with E-state index in [4.69, 9.17) is 0 Å². The molecule has 2 aromatic rings. The van der Waals surface area contributed by atoms with Gasteiger partial charge >= 0.3 is 0 Å². The first-order valence-electron chi connectivity index (χ1n) is 4.78. The molecule has 0 fully saturated rings. The number of Topliss-reactive ketones (excluding diaryl/α,β-unsaturated/α-hetero) is 1. The molecule has 0 aliphatic heterocycles. The summed E-state index contributed by atoms with van der Waals surface area (Å²) in [5.74, 6) is 0.112. The summed E-state index contributed by atoms with van der Waals surface area (Å²) in [6.07, 6.45) is 2.05. The fourth-order valence-corrected chi connectivity index (χ4v) is 2.45. The maximum atomic E-state index is 11.4. The molecule has 0 saturated carbocycles. The highest BCUT2D eigenvalue weighted by Crippen LogP contribution is 2.28. The number of aromatic nitrogens is 1. The summed E-state index contributed by atoms with van der Waals surface area (Å²) < 4.78 is 1.96. The molecule has 0 spiro atoms. The van der Waals surface area contributed by atoms with Gasteiger partial charge in [-0.25, -0.2) is 0 Å². The quantitative estimate of drug-likeness (QED) is 0.572. The molecule has 0 amide bonds. The highest BCUT2D eigenvalue weighted by Gasteiger charge is 2.11. The minimum atomic E-state index is 0.112. The van der Waals surface area contributed by atoms with Gasteiger partial charge in [0, 0.05) is 29.8 Å². The Morgan fingerprint density at radius 2 is 2.13 bits per heavy atom. The smallest absolute Gasteiger partial charge is 0.176 e. The molecule has 0 saturated heterocycles. The fourth-order valence-electron chi connectivity index (χ4n) is 1.85. The molecule has 1 aromatic carbocycles. The summed E-state index contributed by atoms with van der Waals surface area (Å²) >= 11 is 1.71. The van der Waals surface area contributed by atoms with Crippen LogP contribution >= 0.6 is 11.8 Å². The summed E-state index contributed by atoms with van der Waals surface area (Å²) in [7, 11) is 1.93. The van der Waals surface area contributed by atoms with Crippen molar-refractivity contribution in [2.75, 3.05) is 6.26 Å². The number of fused-ring (bicyclic) bond motifs is 1. The molecular weight excluding hydrogens is 206 g/mol. The SMILES string of the molecule is CSc1cccc2c1cc(C(C)=O)n2C. The largest absolute Gasteiger partial charge is 0.341 e. The first-order chi connectivity index (χ1) is 7.15. The van der Waals surface area contributed by atoms with Gasteiger partial charge in [0.15, 0.2) is 5.78 Å². The van der Waals surface area contributed by atoms with E-state index >= 15 is 0 Å². The predicted molar refractivity (Wildman–Crippen MR) is 64.7 cm³/mol. The molecule has 1 heterocycles. The Hall–Kier alpha value is -1.22. The lowest BCUT2D eigenvalue weighted by Crippen LogP contribution is -2.00. The first-order valence-corrected chi connectivity index (χ1v) is 6.01. The average molecular weight is 219 g/mol. The highest BCUT2D eigenvalue weighted by atomic mass is 32.2. The predicted octanol–water partition coefficient (Wildman–Crippen LogP) is 3.10. The molecule has 2 rings (SSSR count). The van der Waals surface area contributed by atoms with Crippen molar-refractivity contribution >= 4 is 28.4 Å². The molecule has 0 aliphatic rings. The van der Waals surface area contributed by atoms with Crippen LogP contribution in [-0.4, -0.2) is 16.6 Å². The Kier molecular flexibility index (Phi) is 2.57. The number of benzene rings is 1. The van der Waals surface area contributed by atoms with Crippen LogP contribution in [-0.2, 0) is 7.05 Å². The molecule has 0 N–H and O–H groups in total. The normalized spacial score (nSPS) is 10.9. The second-order valence-corrected chi connectivity index (χ2v) is 4.39. The van der Waals surface area contributed by atoms with Gasteiger partial charge in [-0.2, -0.15) is 0 Å². The number of aryl methyl sites for hydroxylation is 1. The average Bonchev–Trinajstić information content (AvgIpc) is 2.56. The van der Waals surface area contributed by atoms with Crippen LogP contribution < -0.4 is 0 Å². The van der Waals surface area contributed by atoms with Gasteiger partial charge in [0.05, 0.1) is 5.69 Å². The number of thioether (sulfide) groups is 1. The maximum Gasteiger partial charge on any atom is 0.176 e. The summed E-state index contributed by atoms with van der Waals surface area (Å²) in [5.41, 5.74) is 1.89. The van der Waals surface area contributed by atoms with E-state index in [0.717, 1.165) is 16.6 Å². The van der Waals surface area contributed by atoms with Gasteiger partial charge < -0.3 is 4.57 Å². The Bertz CT molecular complexity index is 528. The standard InChI is InChI=1S/C12H13NOS/c1-8(14)11-7-9-10(13(11)2)5-4-6-12(9)15-3/h4-7H,1-3H3. The van der Waals surface area contributed by atoms with Crippen LogP contribution in [0.2, 0.25) is 0 Å². The van der Waals surface area contributed by atoms with E-state index in [2.05, 4.69) is 12.3 Å². The highest BCUT2D eigenvalue weighted by molar-refractivity contribution is 7.98. The summed E-state index contributed by atoms with van der Waals surface area (Å²) in [6.45, 7) is 1.60. The number of carbonyl (C=O) groups is 1. The van der Waals surface area contributed by atoms with Crippen LogP contribution in [0, 0.1) is 0 Å². The van der Waals surface area contributed by atoms with E-state index in [-0.39, 0.29) is 5.78 Å². The molecule has 78 valence electrons. The van der Waals surface area contributed by atoms with Crippen LogP contribution in [0.15, 0.2) is 29.2 Å². The summed E-state index contributed by atoms with van der Waals surface area (Å²) in [5, 5.41) is 1.16. The molecule has 0 aliphatic carbocycles. The van der Waals surface area contributed by atoms with E-state index in [0.29, 0.717) is 0 Å². The third-order valence-corrected chi connectivity index (χ3v) is 3.42. The van der Waals surface area contributed by atoms with Crippen molar-refractivity contribution in [1.82, 2.24) is 4.57 Å². The topological polar surface area (TPSA) is 22.0 Å². The van der Waals surface area contributed by atoms with Crippen LogP contribution in [0.25, 0.3) is 10.9 Å². The molecule has 15 heavy (non-hydrogen) atoms. The zero-order valence-corrected chi connectivity index (χ0v) is 9.89. The van der Waals surface area contributed by atoms with E-state index in [1.54, 1.807) is 18.7 Å². The van der Waals surface area contributed by atoms with Crippen molar-refractivity contribution in [2.24, 2.45) is 7.05 Å². The number of rotatable bonds is 2. The first kappa shape index (κ1) is 10.3. The molecule has 0 unspecified atom stereocenters. The molecular formula is C12H13NOS. The molecule has 1 aromatic heterocycles. The van der Waals surface area contributed by atoms with Crippen molar-refractivity contribution in [3.63, 3.8) is 0 Å². The van der Waals surface area contributed by atoms with Gasteiger partial charge in [0.1, 0.15) is 0 Å². The van der Waals surface area contributed by atoms with Gasteiger partial charge in [-0.05, 0) is 24.5 Å². The van der Waals surface area contributed by atoms with Gasteiger partial charge in [0.25, 0.3) is 0 Å². The molecule has 0 bridgehead atoms. The monoisotopic (exact) mass is 219 g/mol. The lowest BCUT2D eigenvalue weighted by atomic mass is 10.2. The number of hydrogen-bond donors (Lipinski definition) is 0. The maximum absolute atomic E-state index is 11.4. The summed E-state index contributed by atoms with van der Waals surface area (Å²) in [4.78, 5) is 12.6. The van der Waals surface area contributed by atoms with Crippen molar-refractivity contribution < 1.29 is 4.79 Å². The van der Waals surface area contributed by atoms with E-state index in [1.807, 2.05) is 29.8 Å². The van der Waals surface area contributed by atoms with Crippen LogP contribution in [0.1, 0.15) is 17.4 Å². The molecule has 0 atom stereocenters. The van der Waals surface area contributed by atoms with Crippen LogP contribution in [0.3, 0.4) is 0 Å². The number of nitrogens with zero attached hydrogens (tertiary/aromatic N) is 1. The zero-order chi connectivity index (χ0) is 11.0. The fraction of sp³-hybridized carbons (Fsp3) is 0.250. The number of carbonyl (C=O) groups excluding carboxylic acids is 1. The number of ketones is 1. The zero-order valence-electron chi connectivity index (χ0n) is 9.07. The number of hydrogen-bond acceptors (Lipinski definition) is 2. The minimum Gasteiger partial charge on any atom is -0.341 e. The van der Waals surface area contributed by atoms with Crippen molar-refractivity contribution in [3.05, 3.63) is 30.0 Å². The van der Waals surface area contributed by atoms with E-state index < -0.39 is 0 Å². The molecule has 2 nitrogen and oxygen atoms in total. The van der Waals surface area contributed by atoms with Crippen molar-refractivity contribution in [2.45, 2.75) is 11.8 Å². The Morgan fingerprint density at radius 1 is 1.40 bits per heavy atom. The van der Waals surface area contributed by atoms with Crippen molar-refractivity contribution in [1.29, 1.82) is 0 Å². The van der Waals surface area contributed by atoms with Crippen molar-refractivity contribution in [3.8, 4) is 0 Å². The lowest BCUT2D eigenvalue weighted by molar-refractivity contribution is 0.101. The second kappa shape index (κ2) is 3.74. The van der Waals surface area contributed by atoms with Crippen LogP contribution in [0.5, 0.6) is 0 Å². The Morgan fingerprint density at radius 3 is 2.73 bits per heavy atom. The summed E-state index contributed by atoms with van der Waals surface area (Å²) in [6, 6.07) is 8.12. The third-order valence-electron chi connectivity index (χ3n) is 2.63. The van der Waals surface area contributed by atoms with E-state index in [9.17, 15) is 4.79 Å². The lowest BCUT2D eigenvalue weighted by Gasteiger charge is -2.01. The minimum absolute atomic E-state index is 0.112. The van der Waals surface area contributed by atoms with E-state index in [1.165, 1.54) is 4.90 Å². The third kappa shape index (κ3) is 1.57. The van der Waals surface area contributed by atoms with Gasteiger partial charge in [0.2, 0.25) is 0 Å². The van der Waals surface area contributed by atoms with Gasteiger partial charge in [-0.1, -0.05) is 6.07 Å². The Balaban J connectivity index is 2.81. The molecule has 3 heteroatoms.